The number of aryl methyl sites for hydroxylation is 1. The summed E-state index contributed by atoms with van der Waals surface area (Å²) < 4.78 is 0. The first kappa shape index (κ1) is 17.0. The van der Waals surface area contributed by atoms with Gasteiger partial charge in [-0.3, -0.25) is 14.9 Å². The van der Waals surface area contributed by atoms with Crippen molar-refractivity contribution < 1.29 is 9.72 Å². The van der Waals surface area contributed by atoms with E-state index in [1.807, 2.05) is 19.2 Å². The zero-order chi connectivity index (χ0) is 18.1. The van der Waals surface area contributed by atoms with Crippen molar-refractivity contribution in [2.75, 3.05) is 0 Å². The maximum Gasteiger partial charge on any atom is 0.269 e. The Kier molecular flexibility index (Phi) is 4.50. The number of non-ortho nitro benzene ring substituents is 1. The highest BCUT2D eigenvalue weighted by molar-refractivity contribution is 7.13. The predicted molar refractivity (Wildman–Crippen MR) is 98.1 cm³/mol. The molecule has 1 N–H and O–H groups in total. The zero-order valence-electron chi connectivity index (χ0n) is 14.1. The Balaban J connectivity index is 2.01. The van der Waals surface area contributed by atoms with E-state index in [0.29, 0.717) is 0 Å². The van der Waals surface area contributed by atoms with E-state index in [1.54, 1.807) is 19.1 Å². The summed E-state index contributed by atoms with van der Waals surface area (Å²) in [5.74, 6) is 0.0441. The van der Waals surface area contributed by atoms with E-state index in [2.05, 4.69) is 9.97 Å². The molecule has 7 heteroatoms. The summed E-state index contributed by atoms with van der Waals surface area (Å²) in [5, 5.41) is 13.5. The Bertz CT molecular complexity index is 955. The molecular weight excluding hydrogens is 338 g/mol. The van der Waals surface area contributed by atoms with Crippen LogP contribution in [-0.2, 0) is 6.42 Å². The van der Waals surface area contributed by atoms with Crippen LogP contribution in [-0.4, -0.2) is 20.7 Å². The molecular formula is C18H17N3O3S. The normalized spacial score (nSPS) is 10.8. The Hall–Kier alpha value is -2.80. The molecule has 1 aromatic carbocycles. The molecule has 3 aromatic rings. The third-order valence-corrected chi connectivity index (χ3v) is 4.97. The molecule has 0 amide bonds. The van der Waals surface area contributed by atoms with Crippen molar-refractivity contribution in [2.45, 2.75) is 27.2 Å². The minimum absolute atomic E-state index is 0.0441. The second kappa shape index (κ2) is 6.60. The molecule has 128 valence electrons. The van der Waals surface area contributed by atoms with E-state index in [0.717, 1.165) is 45.2 Å². The number of benzene rings is 1. The molecule has 0 saturated carbocycles. The Morgan fingerprint density at radius 1 is 1.32 bits per heavy atom. The molecule has 2 heterocycles. The van der Waals surface area contributed by atoms with Crippen LogP contribution >= 0.6 is 11.3 Å². The van der Waals surface area contributed by atoms with Gasteiger partial charge in [0, 0.05) is 34.3 Å². The van der Waals surface area contributed by atoms with E-state index in [4.69, 9.17) is 0 Å². The summed E-state index contributed by atoms with van der Waals surface area (Å²) in [4.78, 5) is 30.2. The molecule has 0 fully saturated rings. The summed E-state index contributed by atoms with van der Waals surface area (Å²) in [6.07, 6.45) is 0.735. The number of nitro groups is 1. The van der Waals surface area contributed by atoms with Crippen molar-refractivity contribution >= 4 is 22.8 Å². The van der Waals surface area contributed by atoms with Crippen LogP contribution in [0, 0.1) is 17.0 Å². The van der Waals surface area contributed by atoms with Gasteiger partial charge in [-0.1, -0.05) is 6.92 Å². The van der Waals surface area contributed by atoms with Crippen molar-refractivity contribution in [3.8, 4) is 22.0 Å². The van der Waals surface area contributed by atoms with Gasteiger partial charge in [-0.15, -0.1) is 11.3 Å². The molecule has 0 saturated heterocycles. The number of rotatable bonds is 5. The standard InChI is InChI=1S/C18H17N3O3S/c1-4-14-16(11(3)22)10(2)19-17(14)15-9-25-18(20-15)12-5-7-13(8-6-12)21(23)24/h5-9,19H,4H2,1-3H3. The number of H-pyrrole nitrogens is 1. The van der Waals surface area contributed by atoms with Gasteiger partial charge in [0.15, 0.2) is 5.78 Å². The molecule has 2 aromatic heterocycles. The van der Waals surface area contributed by atoms with E-state index in [9.17, 15) is 14.9 Å². The number of aromatic amines is 1. The van der Waals surface area contributed by atoms with Crippen molar-refractivity contribution in [3.63, 3.8) is 0 Å². The fourth-order valence-corrected chi connectivity index (χ4v) is 3.79. The van der Waals surface area contributed by atoms with Gasteiger partial charge in [-0.2, -0.15) is 0 Å². The van der Waals surface area contributed by atoms with Gasteiger partial charge < -0.3 is 4.98 Å². The van der Waals surface area contributed by atoms with Gasteiger partial charge in [0.25, 0.3) is 5.69 Å². The number of nitrogens with zero attached hydrogens (tertiary/aromatic N) is 2. The largest absolute Gasteiger partial charge is 0.356 e. The number of carbonyl (C=O) groups is 1. The van der Waals surface area contributed by atoms with Crippen LogP contribution in [0.3, 0.4) is 0 Å². The number of aromatic nitrogens is 2. The third-order valence-electron chi connectivity index (χ3n) is 4.08. The number of Topliss-reactive ketones (excluding diaryl/α,β-unsaturated/α-hetero) is 1. The van der Waals surface area contributed by atoms with Gasteiger partial charge in [0.05, 0.1) is 16.3 Å². The zero-order valence-corrected chi connectivity index (χ0v) is 14.9. The van der Waals surface area contributed by atoms with E-state index >= 15 is 0 Å². The van der Waals surface area contributed by atoms with Crippen LogP contribution in [0.1, 0.15) is 35.5 Å². The summed E-state index contributed by atoms with van der Waals surface area (Å²) in [5.41, 5.74) is 5.10. The summed E-state index contributed by atoms with van der Waals surface area (Å²) in [6, 6.07) is 6.34. The predicted octanol–water partition coefficient (Wildman–Crippen LogP) is 4.79. The Morgan fingerprint density at radius 2 is 2.00 bits per heavy atom. The molecule has 0 unspecified atom stereocenters. The molecule has 3 rings (SSSR count). The van der Waals surface area contributed by atoms with Gasteiger partial charge in [-0.05, 0) is 38.0 Å². The minimum Gasteiger partial charge on any atom is -0.356 e. The summed E-state index contributed by atoms with van der Waals surface area (Å²) >= 11 is 1.47. The van der Waals surface area contributed by atoms with Crippen LogP contribution in [0.5, 0.6) is 0 Å². The molecule has 0 aliphatic heterocycles. The quantitative estimate of drug-likeness (QED) is 0.405. The number of thiazole rings is 1. The lowest BCUT2D eigenvalue weighted by Gasteiger charge is -2.01. The average Bonchev–Trinajstić information content (AvgIpc) is 3.18. The lowest BCUT2D eigenvalue weighted by molar-refractivity contribution is -0.384. The van der Waals surface area contributed by atoms with E-state index in [1.165, 1.54) is 23.5 Å². The Labute approximate surface area is 148 Å². The number of nitro benzene ring substituents is 1. The lowest BCUT2D eigenvalue weighted by atomic mass is 10.0. The van der Waals surface area contributed by atoms with Crippen molar-refractivity contribution in [1.29, 1.82) is 0 Å². The van der Waals surface area contributed by atoms with Crippen LogP contribution < -0.4 is 0 Å². The smallest absolute Gasteiger partial charge is 0.269 e. The summed E-state index contributed by atoms with van der Waals surface area (Å²) in [6.45, 7) is 5.48. The second-order valence-corrected chi connectivity index (χ2v) is 6.59. The molecule has 0 aliphatic carbocycles. The van der Waals surface area contributed by atoms with E-state index in [-0.39, 0.29) is 11.5 Å². The molecule has 0 radical (unpaired) electrons. The molecule has 6 nitrogen and oxygen atoms in total. The minimum atomic E-state index is -0.421. The maximum absolute atomic E-state index is 11.9. The van der Waals surface area contributed by atoms with Crippen LogP contribution in [0.2, 0.25) is 0 Å². The maximum atomic E-state index is 11.9. The number of carbonyl (C=O) groups excluding carboxylic acids is 1. The monoisotopic (exact) mass is 355 g/mol. The highest BCUT2D eigenvalue weighted by Crippen LogP contribution is 2.33. The first-order valence-electron chi connectivity index (χ1n) is 7.85. The van der Waals surface area contributed by atoms with E-state index < -0.39 is 4.92 Å². The SMILES string of the molecule is CCc1c(-c2csc(-c3ccc([N+](=O)[O-])cc3)n2)[nH]c(C)c1C(C)=O. The number of ketones is 1. The molecule has 0 aliphatic rings. The highest BCUT2D eigenvalue weighted by atomic mass is 32.1. The molecule has 0 atom stereocenters. The Morgan fingerprint density at radius 3 is 2.56 bits per heavy atom. The fourth-order valence-electron chi connectivity index (χ4n) is 2.97. The third kappa shape index (κ3) is 3.10. The van der Waals surface area contributed by atoms with Gasteiger partial charge >= 0.3 is 0 Å². The second-order valence-electron chi connectivity index (χ2n) is 5.73. The van der Waals surface area contributed by atoms with Crippen LogP contribution in [0.15, 0.2) is 29.6 Å². The lowest BCUT2D eigenvalue weighted by Crippen LogP contribution is -1.97. The first-order valence-corrected chi connectivity index (χ1v) is 8.73. The van der Waals surface area contributed by atoms with Crippen LogP contribution in [0.25, 0.3) is 22.0 Å². The van der Waals surface area contributed by atoms with Crippen molar-refractivity contribution in [3.05, 3.63) is 56.6 Å². The summed E-state index contributed by atoms with van der Waals surface area (Å²) in [7, 11) is 0. The average molecular weight is 355 g/mol. The topological polar surface area (TPSA) is 88.9 Å². The van der Waals surface area contributed by atoms with Gasteiger partial charge in [0.2, 0.25) is 0 Å². The highest BCUT2D eigenvalue weighted by Gasteiger charge is 2.20. The molecule has 0 spiro atoms. The van der Waals surface area contributed by atoms with Crippen molar-refractivity contribution in [1.82, 2.24) is 9.97 Å². The first-order chi connectivity index (χ1) is 11.9. The van der Waals surface area contributed by atoms with Gasteiger partial charge in [-0.25, -0.2) is 4.98 Å². The number of nitrogens with one attached hydrogen (secondary N) is 1. The molecule has 0 bridgehead atoms. The fraction of sp³-hybridized carbons (Fsp3) is 0.222. The molecule has 25 heavy (non-hydrogen) atoms. The van der Waals surface area contributed by atoms with Crippen molar-refractivity contribution in [2.24, 2.45) is 0 Å². The number of hydrogen-bond acceptors (Lipinski definition) is 5. The number of hydrogen-bond donors (Lipinski definition) is 1. The van der Waals surface area contributed by atoms with Gasteiger partial charge in [0.1, 0.15) is 5.01 Å². The van der Waals surface area contributed by atoms with Crippen LogP contribution in [0.4, 0.5) is 5.69 Å².